The van der Waals surface area contributed by atoms with Crippen molar-refractivity contribution in [2.24, 2.45) is 40.4 Å². The molecule has 0 amide bonds. The van der Waals surface area contributed by atoms with Crippen LogP contribution in [0.5, 0.6) is 0 Å². The second kappa shape index (κ2) is 4.96. The summed E-state index contributed by atoms with van der Waals surface area (Å²) in [4.78, 5) is 12.1. The molecule has 0 aliphatic heterocycles. The van der Waals surface area contributed by atoms with Gasteiger partial charge in [-0.1, -0.05) is 33.3 Å². The highest BCUT2D eigenvalue weighted by Gasteiger charge is 2.64. The van der Waals surface area contributed by atoms with E-state index in [9.17, 15) is 9.90 Å². The van der Waals surface area contributed by atoms with E-state index < -0.39 is 5.60 Å². The topological polar surface area (TPSA) is 37.3 Å². The summed E-state index contributed by atoms with van der Waals surface area (Å²) < 4.78 is 0. The lowest BCUT2D eigenvalue weighted by atomic mass is 9.43. The molecule has 4 rings (SSSR count). The predicted molar refractivity (Wildman–Crippen MR) is 96.4 cm³/mol. The maximum absolute atomic E-state index is 12.1. The molecule has 3 fully saturated rings. The van der Waals surface area contributed by atoms with Gasteiger partial charge in [0.1, 0.15) is 0 Å². The van der Waals surface area contributed by atoms with Crippen LogP contribution in [0.25, 0.3) is 0 Å². The second-order valence-electron chi connectivity index (χ2n) is 10.3. The van der Waals surface area contributed by atoms with Crippen LogP contribution in [0.15, 0.2) is 11.6 Å². The van der Waals surface area contributed by atoms with Crippen LogP contribution < -0.4 is 0 Å². The number of carbonyl (C=O) groups is 1. The van der Waals surface area contributed by atoms with E-state index in [1.165, 1.54) is 18.4 Å². The molecule has 0 aromatic rings. The Hall–Kier alpha value is -0.630. The molecule has 0 spiro atoms. The van der Waals surface area contributed by atoms with Gasteiger partial charge in [0.2, 0.25) is 0 Å². The van der Waals surface area contributed by atoms with E-state index in [2.05, 4.69) is 34.6 Å². The van der Waals surface area contributed by atoms with Crippen LogP contribution in [0.4, 0.5) is 0 Å². The number of aliphatic hydroxyl groups is 1. The largest absolute Gasteiger partial charge is 0.390 e. The fourth-order valence-electron chi connectivity index (χ4n) is 7.54. The Balaban J connectivity index is 1.77. The summed E-state index contributed by atoms with van der Waals surface area (Å²) in [6.07, 6.45) is 8.30. The number of carbonyl (C=O) groups excluding carboxylic acids is 1. The minimum absolute atomic E-state index is 0.0771. The van der Waals surface area contributed by atoms with Crippen LogP contribution in [-0.2, 0) is 4.79 Å². The third kappa shape index (κ3) is 1.90. The molecule has 134 valence electrons. The van der Waals surface area contributed by atoms with Crippen molar-refractivity contribution in [2.75, 3.05) is 0 Å². The number of hydrogen-bond donors (Lipinski definition) is 1. The van der Waals surface area contributed by atoms with Crippen molar-refractivity contribution in [3.63, 3.8) is 0 Å². The van der Waals surface area contributed by atoms with E-state index >= 15 is 0 Å². The normalized spacial score (nSPS) is 57.0. The Morgan fingerprint density at radius 3 is 2.42 bits per heavy atom. The van der Waals surface area contributed by atoms with Crippen LogP contribution in [0, 0.1) is 40.4 Å². The molecule has 24 heavy (non-hydrogen) atoms. The van der Waals surface area contributed by atoms with Gasteiger partial charge in [0.15, 0.2) is 5.78 Å². The first-order chi connectivity index (χ1) is 11.1. The van der Waals surface area contributed by atoms with Crippen LogP contribution in [0.1, 0.15) is 73.1 Å². The van der Waals surface area contributed by atoms with E-state index in [4.69, 9.17) is 0 Å². The summed E-state index contributed by atoms with van der Waals surface area (Å²) in [5, 5.41) is 11.1. The molecule has 0 saturated heterocycles. The Morgan fingerprint density at radius 1 is 1.04 bits per heavy atom. The molecule has 1 N–H and O–H groups in total. The van der Waals surface area contributed by atoms with Crippen molar-refractivity contribution in [1.82, 2.24) is 0 Å². The van der Waals surface area contributed by atoms with Gasteiger partial charge in [0.05, 0.1) is 5.60 Å². The molecular formula is C22H34O2. The van der Waals surface area contributed by atoms with Crippen molar-refractivity contribution in [3.8, 4) is 0 Å². The highest BCUT2D eigenvalue weighted by Crippen LogP contribution is 2.69. The standard InChI is InChI=1S/C22H34O2/c1-13-10-15-12-16(23)11-14(2)22(15,5)18-6-8-20(3)17(19(13)18)7-9-21(20,4)24/h12-14,17-19,24H,6-11H2,1-5H3/t13-,14+,17+,18+,19+,20+,21+,22+/m1/s1. The second-order valence-corrected chi connectivity index (χ2v) is 10.3. The summed E-state index contributed by atoms with van der Waals surface area (Å²) in [5.74, 6) is 3.45. The first-order valence-corrected chi connectivity index (χ1v) is 10.1. The number of rotatable bonds is 0. The van der Waals surface area contributed by atoms with E-state index in [1.54, 1.807) is 0 Å². The Bertz CT molecular complexity index is 603. The number of allylic oxidation sites excluding steroid dienone is 1. The molecule has 4 aliphatic carbocycles. The molecule has 0 radical (unpaired) electrons. The van der Waals surface area contributed by atoms with E-state index in [-0.39, 0.29) is 10.8 Å². The van der Waals surface area contributed by atoms with Gasteiger partial charge in [-0.25, -0.2) is 0 Å². The third-order valence-corrected chi connectivity index (χ3v) is 9.42. The van der Waals surface area contributed by atoms with Crippen molar-refractivity contribution < 1.29 is 9.90 Å². The lowest BCUT2D eigenvalue weighted by Gasteiger charge is -2.62. The molecule has 0 bridgehead atoms. The first-order valence-electron chi connectivity index (χ1n) is 10.1. The molecule has 2 nitrogen and oxygen atoms in total. The Labute approximate surface area is 147 Å². The fourth-order valence-corrected chi connectivity index (χ4v) is 7.54. The van der Waals surface area contributed by atoms with Gasteiger partial charge >= 0.3 is 0 Å². The van der Waals surface area contributed by atoms with Gasteiger partial charge in [-0.3, -0.25) is 4.79 Å². The summed E-state index contributed by atoms with van der Waals surface area (Å²) in [6, 6.07) is 0. The summed E-state index contributed by atoms with van der Waals surface area (Å²) in [6.45, 7) is 11.6. The Kier molecular flexibility index (Phi) is 3.48. The van der Waals surface area contributed by atoms with E-state index in [1.807, 2.05) is 6.08 Å². The number of hydrogen-bond acceptors (Lipinski definition) is 2. The lowest BCUT2D eigenvalue weighted by molar-refractivity contribution is -0.139. The predicted octanol–water partition coefficient (Wildman–Crippen LogP) is 4.76. The van der Waals surface area contributed by atoms with Gasteiger partial charge < -0.3 is 5.11 Å². The fraction of sp³-hybridized carbons (Fsp3) is 0.864. The van der Waals surface area contributed by atoms with Gasteiger partial charge in [-0.05, 0) is 85.5 Å². The minimum atomic E-state index is -0.506. The zero-order valence-electron chi connectivity index (χ0n) is 16.1. The van der Waals surface area contributed by atoms with Crippen molar-refractivity contribution in [3.05, 3.63) is 11.6 Å². The van der Waals surface area contributed by atoms with Crippen molar-refractivity contribution in [1.29, 1.82) is 0 Å². The summed E-state index contributed by atoms with van der Waals surface area (Å²) in [5.41, 5.74) is 1.20. The zero-order valence-corrected chi connectivity index (χ0v) is 16.1. The van der Waals surface area contributed by atoms with Crippen LogP contribution in [0.2, 0.25) is 0 Å². The molecule has 0 heterocycles. The Morgan fingerprint density at radius 2 is 1.71 bits per heavy atom. The first kappa shape index (κ1) is 16.8. The monoisotopic (exact) mass is 330 g/mol. The summed E-state index contributed by atoms with van der Waals surface area (Å²) in [7, 11) is 0. The van der Waals surface area contributed by atoms with Crippen LogP contribution in [0.3, 0.4) is 0 Å². The molecule has 0 aromatic carbocycles. The van der Waals surface area contributed by atoms with Crippen molar-refractivity contribution in [2.45, 2.75) is 78.7 Å². The molecule has 2 heteroatoms. The minimum Gasteiger partial charge on any atom is -0.390 e. The van der Waals surface area contributed by atoms with E-state index in [0.717, 1.165) is 25.7 Å². The molecule has 3 saturated carbocycles. The molecule has 4 aliphatic rings. The van der Waals surface area contributed by atoms with Crippen LogP contribution in [-0.4, -0.2) is 16.5 Å². The van der Waals surface area contributed by atoms with Gasteiger partial charge in [0.25, 0.3) is 0 Å². The van der Waals surface area contributed by atoms with Crippen molar-refractivity contribution >= 4 is 5.78 Å². The summed E-state index contributed by atoms with van der Waals surface area (Å²) >= 11 is 0. The zero-order chi connectivity index (χ0) is 17.5. The van der Waals surface area contributed by atoms with E-state index in [0.29, 0.717) is 35.4 Å². The third-order valence-electron chi connectivity index (χ3n) is 9.42. The highest BCUT2D eigenvalue weighted by molar-refractivity contribution is 5.92. The van der Waals surface area contributed by atoms with Gasteiger partial charge in [-0.15, -0.1) is 0 Å². The average Bonchev–Trinajstić information content (AvgIpc) is 2.73. The highest BCUT2D eigenvalue weighted by atomic mass is 16.3. The maximum Gasteiger partial charge on any atom is 0.155 e. The molecule has 8 atom stereocenters. The SMILES string of the molecule is C[C@@H]1CC2=CC(=O)C[C@H](C)[C@]2(C)[C@H]2CC[C@@]3(C)[C@@H](CC[C@]3(C)O)[C@H]12. The van der Waals surface area contributed by atoms with Gasteiger partial charge in [-0.2, -0.15) is 0 Å². The molecule has 0 aromatic heterocycles. The van der Waals surface area contributed by atoms with Gasteiger partial charge in [0, 0.05) is 6.42 Å². The quantitative estimate of drug-likeness (QED) is 0.695. The number of ketones is 1. The molecule has 0 unspecified atom stereocenters. The smallest absolute Gasteiger partial charge is 0.155 e. The maximum atomic E-state index is 12.1. The average molecular weight is 331 g/mol. The number of fused-ring (bicyclic) bond motifs is 5. The van der Waals surface area contributed by atoms with Crippen LogP contribution >= 0.6 is 0 Å². The molecular weight excluding hydrogens is 296 g/mol. The lowest BCUT2D eigenvalue weighted by Crippen LogP contribution is -2.57.